The monoisotopic (exact) mass is 224 g/mol. The Labute approximate surface area is 98.7 Å². The minimum atomic E-state index is 0.241. The molecule has 0 radical (unpaired) electrons. The van der Waals surface area contributed by atoms with Gasteiger partial charge < -0.3 is 10.6 Å². The van der Waals surface area contributed by atoms with Crippen LogP contribution in [0.4, 0.5) is 0 Å². The van der Waals surface area contributed by atoms with E-state index in [-0.39, 0.29) is 11.9 Å². The molecule has 1 aliphatic heterocycles. The van der Waals surface area contributed by atoms with Crippen molar-refractivity contribution in [3.8, 4) is 0 Å². The molecule has 92 valence electrons. The normalized spacial score (nSPS) is 25.5. The van der Waals surface area contributed by atoms with Gasteiger partial charge in [-0.3, -0.25) is 4.79 Å². The Hall–Kier alpha value is -0.830. The second-order valence-corrected chi connectivity index (χ2v) is 4.60. The zero-order chi connectivity index (χ0) is 12.0. The molecule has 2 unspecified atom stereocenters. The van der Waals surface area contributed by atoms with E-state index in [9.17, 15) is 4.79 Å². The summed E-state index contributed by atoms with van der Waals surface area (Å²) in [5.41, 5.74) is 5.76. The van der Waals surface area contributed by atoms with Crippen LogP contribution in [0.5, 0.6) is 0 Å². The molecule has 1 saturated heterocycles. The van der Waals surface area contributed by atoms with E-state index in [2.05, 4.69) is 13.5 Å². The summed E-state index contributed by atoms with van der Waals surface area (Å²) in [7, 11) is 0. The molecule has 3 nitrogen and oxygen atoms in total. The van der Waals surface area contributed by atoms with Gasteiger partial charge in [-0.05, 0) is 25.2 Å². The maximum atomic E-state index is 11.9. The Balaban J connectivity index is 2.51. The molecule has 1 fully saturated rings. The van der Waals surface area contributed by atoms with Crippen molar-refractivity contribution in [2.24, 2.45) is 11.7 Å². The highest BCUT2D eigenvalue weighted by Crippen LogP contribution is 2.25. The van der Waals surface area contributed by atoms with Gasteiger partial charge in [0.25, 0.3) is 0 Å². The van der Waals surface area contributed by atoms with Crippen LogP contribution in [-0.2, 0) is 4.79 Å². The number of carbonyl (C=O) groups is 1. The molecule has 1 heterocycles. The number of likely N-dealkylation sites (tertiary alicyclic amines) is 1. The van der Waals surface area contributed by atoms with Crippen molar-refractivity contribution in [3.63, 3.8) is 0 Å². The van der Waals surface area contributed by atoms with Crippen LogP contribution in [0.2, 0.25) is 0 Å². The lowest BCUT2D eigenvalue weighted by atomic mass is 9.88. The van der Waals surface area contributed by atoms with Gasteiger partial charge in [-0.2, -0.15) is 0 Å². The fourth-order valence-electron chi connectivity index (χ4n) is 2.43. The Bertz CT molecular complexity index is 240. The van der Waals surface area contributed by atoms with E-state index < -0.39 is 0 Å². The number of amides is 1. The first kappa shape index (κ1) is 13.2. The van der Waals surface area contributed by atoms with Gasteiger partial charge in [-0.25, -0.2) is 0 Å². The van der Waals surface area contributed by atoms with Crippen molar-refractivity contribution < 1.29 is 4.79 Å². The van der Waals surface area contributed by atoms with Gasteiger partial charge in [0.2, 0.25) is 5.91 Å². The first-order valence-electron chi connectivity index (χ1n) is 6.33. The molecular formula is C13H24N2O. The van der Waals surface area contributed by atoms with Crippen LogP contribution < -0.4 is 5.73 Å². The Morgan fingerprint density at radius 1 is 1.62 bits per heavy atom. The fourth-order valence-corrected chi connectivity index (χ4v) is 2.43. The SMILES string of the molecule is C=CCCC(=O)N1CCC(CC)CC1CN. The van der Waals surface area contributed by atoms with E-state index in [1.165, 1.54) is 6.42 Å². The number of allylic oxidation sites excluding steroid dienone is 1. The number of piperidine rings is 1. The molecule has 0 aliphatic carbocycles. The highest BCUT2D eigenvalue weighted by molar-refractivity contribution is 5.76. The minimum Gasteiger partial charge on any atom is -0.338 e. The summed E-state index contributed by atoms with van der Waals surface area (Å²) in [6.45, 7) is 7.34. The van der Waals surface area contributed by atoms with Crippen molar-refractivity contribution in [2.75, 3.05) is 13.1 Å². The van der Waals surface area contributed by atoms with Gasteiger partial charge in [0.05, 0.1) is 0 Å². The summed E-state index contributed by atoms with van der Waals surface area (Å²) in [4.78, 5) is 13.9. The van der Waals surface area contributed by atoms with Crippen LogP contribution in [0, 0.1) is 5.92 Å². The molecule has 16 heavy (non-hydrogen) atoms. The summed E-state index contributed by atoms with van der Waals surface area (Å²) < 4.78 is 0. The maximum absolute atomic E-state index is 11.9. The minimum absolute atomic E-state index is 0.241. The zero-order valence-electron chi connectivity index (χ0n) is 10.3. The average molecular weight is 224 g/mol. The van der Waals surface area contributed by atoms with Gasteiger partial charge in [0.1, 0.15) is 0 Å². The van der Waals surface area contributed by atoms with E-state index in [4.69, 9.17) is 5.73 Å². The Morgan fingerprint density at radius 3 is 2.94 bits per heavy atom. The predicted molar refractivity (Wildman–Crippen MR) is 67.0 cm³/mol. The number of nitrogens with two attached hydrogens (primary N) is 1. The predicted octanol–water partition coefficient (Wildman–Crippen LogP) is 1.93. The molecular weight excluding hydrogens is 200 g/mol. The van der Waals surface area contributed by atoms with Gasteiger partial charge in [-0.1, -0.05) is 19.4 Å². The molecule has 0 spiro atoms. The summed E-state index contributed by atoms with van der Waals surface area (Å²) in [6, 6.07) is 0.260. The van der Waals surface area contributed by atoms with Crippen LogP contribution in [0.15, 0.2) is 12.7 Å². The van der Waals surface area contributed by atoms with Gasteiger partial charge in [0, 0.05) is 25.6 Å². The van der Waals surface area contributed by atoms with E-state index in [0.717, 1.165) is 31.7 Å². The standard InChI is InChI=1S/C13H24N2O/c1-3-5-6-13(16)15-8-7-11(4-2)9-12(15)10-14/h3,11-12H,1,4-10,14H2,2H3. The lowest BCUT2D eigenvalue weighted by Crippen LogP contribution is -2.49. The number of rotatable bonds is 5. The van der Waals surface area contributed by atoms with Crippen LogP contribution >= 0.6 is 0 Å². The second kappa shape index (κ2) is 6.69. The number of hydrogen-bond donors (Lipinski definition) is 1. The van der Waals surface area contributed by atoms with Crippen LogP contribution in [0.3, 0.4) is 0 Å². The number of carbonyl (C=O) groups excluding carboxylic acids is 1. The van der Waals surface area contributed by atoms with Gasteiger partial charge >= 0.3 is 0 Å². The number of nitrogens with zero attached hydrogens (tertiary/aromatic N) is 1. The summed E-state index contributed by atoms with van der Waals surface area (Å²) in [5.74, 6) is 0.988. The van der Waals surface area contributed by atoms with Crippen molar-refractivity contribution >= 4 is 5.91 Å². The third-order valence-corrected chi connectivity index (χ3v) is 3.56. The van der Waals surface area contributed by atoms with Crippen molar-refractivity contribution in [2.45, 2.75) is 45.1 Å². The third-order valence-electron chi connectivity index (χ3n) is 3.56. The topological polar surface area (TPSA) is 46.3 Å². The first-order valence-corrected chi connectivity index (χ1v) is 6.33. The third kappa shape index (κ3) is 3.34. The van der Waals surface area contributed by atoms with Gasteiger partial charge in [-0.15, -0.1) is 6.58 Å². The van der Waals surface area contributed by atoms with Crippen molar-refractivity contribution in [1.82, 2.24) is 4.90 Å². The average Bonchev–Trinajstić information content (AvgIpc) is 2.34. The van der Waals surface area contributed by atoms with E-state index in [1.54, 1.807) is 6.08 Å². The van der Waals surface area contributed by atoms with Gasteiger partial charge in [0.15, 0.2) is 0 Å². The molecule has 0 bridgehead atoms. The lowest BCUT2D eigenvalue weighted by molar-refractivity contribution is -0.135. The molecule has 2 N–H and O–H groups in total. The molecule has 1 amide bonds. The lowest BCUT2D eigenvalue weighted by Gasteiger charge is -2.39. The summed E-state index contributed by atoms with van der Waals surface area (Å²) in [5, 5.41) is 0. The zero-order valence-corrected chi connectivity index (χ0v) is 10.3. The molecule has 1 rings (SSSR count). The molecule has 0 aromatic heterocycles. The Morgan fingerprint density at radius 2 is 2.38 bits per heavy atom. The molecule has 0 aromatic carbocycles. The first-order chi connectivity index (χ1) is 7.72. The van der Waals surface area contributed by atoms with Crippen LogP contribution in [0.25, 0.3) is 0 Å². The van der Waals surface area contributed by atoms with Crippen molar-refractivity contribution in [3.05, 3.63) is 12.7 Å². The van der Waals surface area contributed by atoms with E-state index in [0.29, 0.717) is 13.0 Å². The fraction of sp³-hybridized carbons (Fsp3) is 0.769. The quantitative estimate of drug-likeness (QED) is 0.725. The molecule has 2 atom stereocenters. The molecule has 0 saturated carbocycles. The highest BCUT2D eigenvalue weighted by atomic mass is 16.2. The Kier molecular flexibility index (Phi) is 5.53. The van der Waals surface area contributed by atoms with Crippen molar-refractivity contribution in [1.29, 1.82) is 0 Å². The largest absolute Gasteiger partial charge is 0.338 e. The van der Waals surface area contributed by atoms with Crippen LogP contribution in [-0.4, -0.2) is 29.9 Å². The maximum Gasteiger partial charge on any atom is 0.223 e. The van der Waals surface area contributed by atoms with Crippen LogP contribution in [0.1, 0.15) is 39.0 Å². The van der Waals surface area contributed by atoms with E-state index in [1.807, 2.05) is 4.90 Å². The summed E-state index contributed by atoms with van der Waals surface area (Å²) in [6.07, 6.45) is 6.56. The summed E-state index contributed by atoms with van der Waals surface area (Å²) >= 11 is 0. The number of hydrogen-bond acceptors (Lipinski definition) is 2. The molecule has 3 heteroatoms. The molecule has 1 aliphatic rings. The highest BCUT2D eigenvalue weighted by Gasteiger charge is 2.29. The molecule has 0 aromatic rings. The second-order valence-electron chi connectivity index (χ2n) is 4.60. The van der Waals surface area contributed by atoms with E-state index >= 15 is 0 Å². The smallest absolute Gasteiger partial charge is 0.223 e.